The Labute approximate surface area is 122 Å². The van der Waals surface area contributed by atoms with Crippen molar-refractivity contribution in [1.29, 1.82) is 0 Å². The van der Waals surface area contributed by atoms with E-state index in [0.29, 0.717) is 0 Å². The van der Waals surface area contributed by atoms with Crippen molar-refractivity contribution in [2.45, 2.75) is 64.1 Å². The molecular weight excluding hydrogens is 248 g/mol. The third-order valence-electron chi connectivity index (χ3n) is 4.85. The van der Waals surface area contributed by atoms with E-state index in [0.717, 1.165) is 36.9 Å². The minimum Gasteiger partial charge on any atom is -0.468 e. The summed E-state index contributed by atoms with van der Waals surface area (Å²) in [6, 6.07) is 5.65. The van der Waals surface area contributed by atoms with Gasteiger partial charge in [0.2, 0.25) is 0 Å². The maximum Gasteiger partial charge on any atom is 0.117 e. The zero-order valence-electron chi connectivity index (χ0n) is 12.7. The number of hydrogen-bond donors (Lipinski definition) is 1. The van der Waals surface area contributed by atoms with Crippen molar-refractivity contribution < 1.29 is 4.42 Å². The average Bonchev–Trinajstić information content (AvgIpc) is 3.19. The van der Waals surface area contributed by atoms with E-state index in [2.05, 4.69) is 23.2 Å². The molecule has 1 aromatic rings. The molecule has 20 heavy (non-hydrogen) atoms. The van der Waals surface area contributed by atoms with Gasteiger partial charge in [-0.3, -0.25) is 4.90 Å². The van der Waals surface area contributed by atoms with Gasteiger partial charge in [0, 0.05) is 18.6 Å². The SMILES string of the molecule is CCNC1CCCCC1CN(Cc1ccco1)C1CC1. The Hall–Kier alpha value is -0.800. The van der Waals surface area contributed by atoms with Gasteiger partial charge in [0.25, 0.3) is 0 Å². The summed E-state index contributed by atoms with van der Waals surface area (Å²) in [6.07, 6.45) is 10.1. The number of rotatable bonds is 7. The lowest BCUT2D eigenvalue weighted by Crippen LogP contribution is -2.44. The monoisotopic (exact) mass is 276 g/mol. The van der Waals surface area contributed by atoms with Gasteiger partial charge in [-0.2, -0.15) is 0 Å². The third kappa shape index (κ3) is 3.64. The standard InChI is InChI=1S/C17H28N2O/c1-2-18-17-8-4-3-6-14(17)12-19(15-9-10-15)13-16-7-5-11-20-16/h5,7,11,14-15,17-18H,2-4,6,8-10,12-13H2,1H3. The number of nitrogens with zero attached hydrogens (tertiary/aromatic N) is 1. The van der Waals surface area contributed by atoms with E-state index in [-0.39, 0.29) is 0 Å². The van der Waals surface area contributed by atoms with E-state index >= 15 is 0 Å². The largest absolute Gasteiger partial charge is 0.468 e. The van der Waals surface area contributed by atoms with Crippen LogP contribution in [0, 0.1) is 5.92 Å². The van der Waals surface area contributed by atoms with Crippen LogP contribution < -0.4 is 5.32 Å². The Kier molecular flexibility index (Phi) is 4.79. The molecule has 2 fully saturated rings. The van der Waals surface area contributed by atoms with Gasteiger partial charge in [0.15, 0.2) is 0 Å². The summed E-state index contributed by atoms with van der Waals surface area (Å²) in [7, 11) is 0. The summed E-state index contributed by atoms with van der Waals surface area (Å²) in [5.41, 5.74) is 0. The highest BCUT2D eigenvalue weighted by Gasteiger charge is 2.33. The van der Waals surface area contributed by atoms with Gasteiger partial charge >= 0.3 is 0 Å². The minimum absolute atomic E-state index is 0.728. The molecule has 2 unspecified atom stereocenters. The molecule has 0 saturated heterocycles. The van der Waals surface area contributed by atoms with E-state index in [9.17, 15) is 0 Å². The summed E-state index contributed by atoms with van der Waals surface area (Å²) in [4.78, 5) is 2.67. The molecule has 3 nitrogen and oxygen atoms in total. The summed E-state index contributed by atoms with van der Waals surface area (Å²) in [5.74, 6) is 1.94. The first-order valence-electron chi connectivity index (χ1n) is 8.36. The molecule has 0 bridgehead atoms. The quantitative estimate of drug-likeness (QED) is 0.827. The lowest BCUT2D eigenvalue weighted by Gasteiger charge is -2.36. The predicted octanol–water partition coefficient (Wildman–Crippen LogP) is 3.41. The molecule has 2 saturated carbocycles. The number of furan rings is 1. The molecule has 2 aliphatic rings. The van der Waals surface area contributed by atoms with Gasteiger partial charge in [-0.05, 0) is 50.3 Å². The van der Waals surface area contributed by atoms with Crippen LogP contribution in [0.4, 0.5) is 0 Å². The fourth-order valence-corrected chi connectivity index (χ4v) is 3.64. The van der Waals surface area contributed by atoms with Crippen LogP contribution in [0.2, 0.25) is 0 Å². The fraction of sp³-hybridized carbons (Fsp3) is 0.765. The van der Waals surface area contributed by atoms with Crippen LogP contribution in [-0.4, -0.2) is 30.1 Å². The molecule has 0 aliphatic heterocycles. The van der Waals surface area contributed by atoms with E-state index in [1.165, 1.54) is 45.1 Å². The molecule has 3 rings (SSSR count). The second-order valence-corrected chi connectivity index (χ2v) is 6.45. The van der Waals surface area contributed by atoms with Crippen LogP contribution in [0.5, 0.6) is 0 Å². The van der Waals surface area contributed by atoms with Gasteiger partial charge < -0.3 is 9.73 Å². The molecule has 112 valence electrons. The molecule has 0 amide bonds. The highest BCUT2D eigenvalue weighted by Crippen LogP contribution is 2.32. The molecule has 2 atom stereocenters. The van der Waals surface area contributed by atoms with Crippen molar-refractivity contribution in [3.63, 3.8) is 0 Å². The van der Waals surface area contributed by atoms with Crippen molar-refractivity contribution in [3.05, 3.63) is 24.2 Å². The molecular formula is C17H28N2O. The van der Waals surface area contributed by atoms with Gasteiger partial charge in [0.05, 0.1) is 12.8 Å². The molecule has 3 heteroatoms. The van der Waals surface area contributed by atoms with E-state index < -0.39 is 0 Å². The van der Waals surface area contributed by atoms with Crippen LogP contribution >= 0.6 is 0 Å². The summed E-state index contributed by atoms with van der Waals surface area (Å²) < 4.78 is 5.55. The first-order valence-corrected chi connectivity index (χ1v) is 8.36. The highest BCUT2D eigenvalue weighted by atomic mass is 16.3. The average molecular weight is 276 g/mol. The molecule has 0 radical (unpaired) electrons. The summed E-state index contributed by atoms with van der Waals surface area (Å²) in [5, 5.41) is 3.71. The zero-order chi connectivity index (χ0) is 13.8. The molecule has 0 aromatic carbocycles. The van der Waals surface area contributed by atoms with Crippen molar-refractivity contribution in [3.8, 4) is 0 Å². The Morgan fingerprint density at radius 3 is 2.80 bits per heavy atom. The maximum atomic E-state index is 5.55. The maximum absolute atomic E-state index is 5.55. The predicted molar refractivity (Wildman–Crippen MR) is 81.6 cm³/mol. The molecule has 2 aliphatic carbocycles. The van der Waals surface area contributed by atoms with E-state index in [1.807, 2.05) is 6.07 Å². The van der Waals surface area contributed by atoms with Crippen molar-refractivity contribution in [1.82, 2.24) is 10.2 Å². The Morgan fingerprint density at radius 2 is 2.10 bits per heavy atom. The second-order valence-electron chi connectivity index (χ2n) is 6.45. The first-order chi connectivity index (χ1) is 9.86. The van der Waals surface area contributed by atoms with Crippen LogP contribution in [0.3, 0.4) is 0 Å². The topological polar surface area (TPSA) is 28.4 Å². The molecule has 1 aromatic heterocycles. The fourth-order valence-electron chi connectivity index (χ4n) is 3.64. The number of hydrogen-bond acceptors (Lipinski definition) is 3. The lowest BCUT2D eigenvalue weighted by molar-refractivity contribution is 0.149. The summed E-state index contributed by atoms with van der Waals surface area (Å²) >= 11 is 0. The summed E-state index contributed by atoms with van der Waals surface area (Å²) in [6.45, 7) is 5.56. The smallest absolute Gasteiger partial charge is 0.117 e. The minimum atomic E-state index is 0.728. The van der Waals surface area contributed by atoms with E-state index in [4.69, 9.17) is 4.42 Å². The van der Waals surface area contributed by atoms with Crippen LogP contribution in [0.15, 0.2) is 22.8 Å². The van der Waals surface area contributed by atoms with Gasteiger partial charge in [0.1, 0.15) is 5.76 Å². The Bertz CT molecular complexity index is 384. The van der Waals surface area contributed by atoms with Gasteiger partial charge in [-0.15, -0.1) is 0 Å². The second kappa shape index (κ2) is 6.77. The lowest BCUT2D eigenvalue weighted by atomic mass is 9.84. The van der Waals surface area contributed by atoms with Gasteiger partial charge in [-0.1, -0.05) is 19.8 Å². The van der Waals surface area contributed by atoms with Crippen molar-refractivity contribution in [2.24, 2.45) is 5.92 Å². The van der Waals surface area contributed by atoms with Crippen molar-refractivity contribution in [2.75, 3.05) is 13.1 Å². The van der Waals surface area contributed by atoms with Crippen LogP contribution in [-0.2, 0) is 6.54 Å². The van der Waals surface area contributed by atoms with Crippen LogP contribution in [0.1, 0.15) is 51.2 Å². The zero-order valence-corrected chi connectivity index (χ0v) is 12.7. The number of nitrogens with one attached hydrogen (secondary N) is 1. The molecule has 1 heterocycles. The van der Waals surface area contributed by atoms with Gasteiger partial charge in [-0.25, -0.2) is 0 Å². The molecule has 0 spiro atoms. The Balaban J connectivity index is 1.59. The first kappa shape index (κ1) is 14.2. The highest BCUT2D eigenvalue weighted by molar-refractivity contribution is 5.00. The van der Waals surface area contributed by atoms with Crippen LogP contribution in [0.25, 0.3) is 0 Å². The Morgan fingerprint density at radius 1 is 1.25 bits per heavy atom. The third-order valence-corrected chi connectivity index (χ3v) is 4.85. The normalized spacial score (nSPS) is 27.1. The van der Waals surface area contributed by atoms with E-state index in [1.54, 1.807) is 6.26 Å². The molecule has 1 N–H and O–H groups in total. The van der Waals surface area contributed by atoms with Crippen molar-refractivity contribution >= 4 is 0 Å².